The minimum atomic E-state index is -0.125. The van der Waals surface area contributed by atoms with Crippen molar-refractivity contribution < 1.29 is 4.79 Å². The highest BCUT2D eigenvalue weighted by Gasteiger charge is 2.15. The van der Waals surface area contributed by atoms with Gasteiger partial charge in [0.05, 0.1) is 10.7 Å². The van der Waals surface area contributed by atoms with Gasteiger partial charge in [0, 0.05) is 12.1 Å². The van der Waals surface area contributed by atoms with Gasteiger partial charge in [0.1, 0.15) is 5.69 Å². The third kappa shape index (κ3) is 3.39. The topological polar surface area (TPSA) is 57.8 Å². The highest BCUT2D eigenvalue weighted by Crippen LogP contribution is 2.26. The van der Waals surface area contributed by atoms with Crippen LogP contribution in [0.25, 0.3) is 11.3 Å². The van der Waals surface area contributed by atoms with E-state index in [2.05, 4.69) is 27.7 Å². The summed E-state index contributed by atoms with van der Waals surface area (Å²) in [7, 11) is 0. The van der Waals surface area contributed by atoms with Crippen molar-refractivity contribution in [3.05, 3.63) is 53.2 Å². The largest absolute Gasteiger partial charge is 0.350 e. The molecular formula is C17H18ClN3O. The van der Waals surface area contributed by atoms with Gasteiger partial charge >= 0.3 is 0 Å². The first-order chi connectivity index (χ1) is 10.7. The van der Waals surface area contributed by atoms with E-state index in [4.69, 9.17) is 11.6 Å². The summed E-state index contributed by atoms with van der Waals surface area (Å²) in [5, 5.41) is 10.6. The molecule has 0 radical (unpaired) electrons. The molecule has 4 nitrogen and oxygen atoms in total. The number of halogens is 1. The standard InChI is InChI=1S/C17H18ClN3O/c18-14-9-5-4-8-13(14)15-10-16(21-20-15)17(22)19-11-12-6-2-1-3-7-12/h1-2,4-5,8-10,12H,3,6-7,11H2,(H,19,22)(H,20,21). The summed E-state index contributed by atoms with van der Waals surface area (Å²) in [6.45, 7) is 0.698. The molecule has 1 atom stereocenters. The highest BCUT2D eigenvalue weighted by atomic mass is 35.5. The average molecular weight is 316 g/mol. The van der Waals surface area contributed by atoms with Crippen molar-refractivity contribution in [1.82, 2.24) is 15.5 Å². The van der Waals surface area contributed by atoms with E-state index in [1.807, 2.05) is 24.3 Å². The van der Waals surface area contributed by atoms with E-state index in [0.717, 1.165) is 24.8 Å². The number of H-pyrrole nitrogens is 1. The van der Waals surface area contributed by atoms with Crippen LogP contribution in [0.1, 0.15) is 29.8 Å². The van der Waals surface area contributed by atoms with Crippen LogP contribution in [0, 0.1) is 5.92 Å². The minimum Gasteiger partial charge on any atom is -0.350 e. The number of aromatic nitrogens is 2. The van der Waals surface area contributed by atoms with Crippen LogP contribution < -0.4 is 5.32 Å². The quantitative estimate of drug-likeness (QED) is 0.843. The van der Waals surface area contributed by atoms with E-state index >= 15 is 0 Å². The predicted octanol–water partition coefficient (Wildman–Crippen LogP) is 3.82. The lowest BCUT2D eigenvalue weighted by Gasteiger charge is -2.17. The minimum absolute atomic E-state index is 0.125. The first-order valence-electron chi connectivity index (χ1n) is 7.47. The Labute approximate surface area is 134 Å². The second kappa shape index (κ2) is 6.79. The Morgan fingerprint density at radius 3 is 3.00 bits per heavy atom. The fraction of sp³-hybridized carbons (Fsp3) is 0.294. The molecule has 0 fully saturated rings. The van der Waals surface area contributed by atoms with Gasteiger partial charge in [-0.1, -0.05) is 42.0 Å². The maximum Gasteiger partial charge on any atom is 0.269 e. The third-order valence-electron chi connectivity index (χ3n) is 3.90. The molecule has 114 valence electrons. The molecule has 3 rings (SSSR count). The zero-order valence-electron chi connectivity index (χ0n) is 12.2. The summed E-state index contributed by atoms with van der Waals surface area (Å²) >= 11 is 6.15. The van der Waals surface area contributed by atoms with Gasteiger partial charge in [-0.2, -0.15) is 5.10 Å². The van der Waals surface area contributed by atoms with Gasteiger partial charge in [-0.15, -0.1) is 0 Å². The summed E-state index contributed by atoms with van der Waals surface area (Å²) in [5.74, 6) is 0.403. The molecule has 0 spiro atoms. The number of rotatable bonds is 4. The monoisotopic (exact) mass is 315 g/mol. The van der Waals surface area contributed by atoms with E-state index < -0.39 is 0 Å². The summed E-state index contributed by atoms with van der Waals surface area (Å²) < 4.78 is 0. The van der Waals surface area contributed by atoms with Crippen LogP contribution in [0.15, 0.2) is 42.5 Å². The number of carbonyl (C=O) groups excluding carboxylic acids is 1. The molecule has 1 aromatic carbocycles. The number of carbonyl (C=O) groups is 1. The average Bonchev–Trinajstić information content (AvgIpc) is 3.04. The zero-order valence-corrected chi connectivity index (χ0v) is 12.9. The van der Waals surface area contributed by atoms with Gasteiger partial charge < -0.3 is 5.32 Å². The number of allylic oxidation sites excluding steroid dienone is 2. The Hall–Kier alpha value is -2.07. The first kappa shape index (κ1) is 14.9. The summed E-state index contributed by atoms with van der Waals surface area (Å²) in [6.07, 6.45) is 7.65. The van der Waals surface area contributed by atoms with Crippen molar-refractivity contribution >= 4 is 17.5 Å². The van der Waals surface area contributed by atoms with Crippen molar-refractivity contribution in [2.75, 3.05) is 6.54 Å². The smallest absolute Gasteiger partial charge is 0.269 e. The fourth-order valence-electron chi connectivity index (χ4n) is 2.62. The maximum absolute atomic E-state index is 12.2. The van der Waals surface area contributed by atoms with Gasteiger partial charge in [-0.25, -0.2) is 0 Å². The lowest BCUT2D eigenvalue weighted by Crippen LogP contribution is -2.29. The van der Waals surface area contributed by atoms with Crippen molar-refractivity contribution in [3.8, 4) is 11.3 Å². The molecule has 5 heteroatoms. The number of hydrogen-bond acceptors (Lipinski definition) is 2. The number of benzene rings is 1. The molecule has 0 aliphatic heterocycles. The second-order valence-electron chi connectivity index (χ2n) is 5.51. The van der Waals surface area contributed by atoms with E-state index in [-0.39, 0.29) is 5.91 Å². The maximum atomic E-state index is 12.2. The van der Waals surface area contributed by atoms with Gasteiger partial charge in [0.25, 0.3) is 5.91 Å². The molecule has 22 heavy (non-hydrogen) atoms. The lowest BCUT2D eigenvalue weighted by molar-refractivity contribution is 0.0941. The van der Waals surface area contributed by atoms with Gasteiger partial charge in [-0.05, 0) is 37.3 Å². The van der Waals surface area contributed by atoms with Crippen LogP contribution in [-0.4, -0.2) is 22.6 Å². The summed E-state index contributed by atoms with van der Waals surface area (Å²) in [4.78, 5) is 12.2. The Morgan fingerprint density at radius 1 is 1.36 bits per heavy atom. The van der Waals surface area contributed by atoms with Crippen LogP contribution in [0.4, 0.5) is 0 Å². The molecule has 2 N–H and O–H groups in total. The number of nitrogens with zero attached hydrogens (tertiary/aromatic N) is 1. The van der Waals surface area contributed by atoms with E-state index in [0.29, 0.717) is 28.9 Å². The Balaban J connectivity index is 1.64. The van der Waals surface area contributed by atoms with E-state index in [1.54, 1.807) is 6.07 Å². The molecule has 0 saturated heterocycles. The normalized spacial score (nSPS) is 17.4. The fourth-order valence-corrected chi connectivity index (χ4v) is 2.85. The number of aromatic amines is 1. The Morgan fingerprint density at radius 2 is 2.23 bits per heavy atom. The Kier molecular flexibility index (Phi) is 4.59. The first-order valence-corrected chi connectivity index (χ1v) is 7.85. The molecule has 1 amide bonds. The number of hydrogen-bond donors (Lipinski definition) is 2. The molecule has 1 aromatic heterocycles. The molecule has 1 unspecified atom stereocenters. The Bertz CT molecular complexity index is 693. The number of amides is 1. The molecule has 1 heterocycles. The van der Waals surface area contributed by atoms with Gasteiger partial charge in [0.2, 0.25) is 0 Å². The van der Waals surface area contributed by atoms with Crippen molar-refractivity contribution in [2.24, 2.45) is 5.92 Å². The zero-order chi connectivity index (χ0) is 15.4. The molecule has 0 saturated carbocycles. The highest BCUT2D eigenvalue weighted by molar-refractivity contribution is 6.33. The van der Waals surface area contributed by atoms with E-state index in [1.165, 1.54) is 0 Å². The summed E-state index contributed by atoms with van der Waals surface area (Å²) in [6, 6.07) is 9.19. The molecule has 1 aliphatic rings. The second-order valence-corrected chi connectivity index (χ2v) is 5.91. The molecular weight excluding hydrogens is 298 g/mol. The SMILES string of the molecule is O=C(NCC1CC=CCC1)c1cc(-c2ccccc2Cl)n[nH]1. The van der Waals surface area contributed by atoms with Crippen LogP contribution >= 0.6 is 11.6 Å². The van der Waals surface area contributed by atoms with Crippen LogP contribution in [0.2, 0.25) is 5.02 Å². The van der Waals surface area contributed by atoms with Crippen molar-refractivity contribution in [2.45, 2.75) is 19.3 Å². The van der Waals surface area contributed by atoms with Crippen molar-refractivity contribution in [1.29, 1.82) is 0 Å². The van der Waals surface area contributed by atoms with Gasteiger partial charge in [-0.3, -0.25) is 9.89 Å². The third-order valence-corrected chi connectivity index (χ3v) is 4.23. The van der Waals surface area contributed by atoms with E-state index in [9.17, 15) is 4.79 Å². The predicted molar refractivity (Wildman–Crippen MR) is 87.8 cm³/mol. The molecule has 2 aromatic rings. The molecule has 0 bridgehead atoms. The van der Waals surface area contributed by atoms with Crippen LogP contribution in [0.3, 0.4) is 0 Å². The van der Waals surface area contributed by atoms with Crippen LogP contribution in [0.5, 0.6) is 0 Å². The summed E-state index contributed by atoms with van der Waals surface area (Å²) in [5.41, 5.74) is 1.95. The molecule has 1 aliphatic carbocycles. The van der Waals surface area contributed by atoms with Crippen molar-refractivity contribution in [3.63, 3.8) is 0 Å². The lowest BCUT2D eigenvalue weighted by atomic mass is 9.94. The van der Waals surface area contributed by atoms with Crippen LogP contribution in [-0.2, 0) is 0 Å². The number of nitrogens with one attached hydrogen (secondary N) is 2. The van der Waals surface area contributed by atoms with Gasteiger partial charge in [0.15, 0.2) is 0 Å².